The Hall–Kier alpha value is -1.32. The van der Waals surface area contributed by atoms with Crippen LogP contribution in [0.25, 0.3) is 0 Å². The minimum Gasteiger partial charge on any atom is -0.322 e. The molecule has 0 unspecified atom stereocenters. The highest BCUT2D eigenvalue weighted by Gasteiger charge is 2.10. The van der Waals surface area contributed by atoms with E-state index in [-0.39, 0.29) is 5.91 Å². The number of rotatable bonds is 2. The zero-order valence-electron chi connectivity index (χ0n) is 9.71. The number of anilines is 1. The van der Waals surface area contributed by atoms with Crippen molar-refractivity contribution in [1.29, 1.82) is 0 Å². The van der Waals surface area contributed by atoms with Gasteiger partial charge in [0.2, 0.25) is 0 Å². The van der Waals surface area contributed by atoms with E-state index < -0.39 is 0 Å². The minimum atomic E-state index is -0.159. The first-order valence-electron chi connectivity index (χ1n) is 5.40. The normalized spacial score (nSPS) is 10.2. The van der Waals surface area contributed by atoms with Crippen LogP contribution in [0.2, 0.25) is 5.02 Å². The van der Waals surface area contributed by atoms with E-state index in [0.29, 0.717) is 10.6 Å². The lowest BCUT2D eigenvalue weighted by Gasteiger charge is -2.09. The molecule has 2 aromatic rings. The minimum absolute atomic E-state index is 0.159. The predicted octanol–water partition coefficient (Wildman–Crippen LogP) is 4.66. The molecule has 0 fully saturated rings. The van der Waals surface area contributed by atoms with E-state index >= 15 is 0 Å². The summed E-state index contributed by atoms with van der Waals surface area (Å²) in [4.78, 5) is 12.1. The molecule has 18 heavy (non-hydrogen) atoms. The van der Waals surface area contributed by atoms with Gasteiger partial charge in [-0.25, -0.2) is 0 Å². The number of aryl methyl sites for hydroxylation is 1. The average molecular weight is 325 g/mol. The molecule has 2 aromatic carbocycles. The Balaban J connectivity index is 2.27. The Morgan fingerprint density at radius 1 is 1.22 bits per heavy atom. The van der Waals surface area contributed by atoms with Gasteiger partial charge in [0.15, 0.2) is 0 Å². The quantitative estimate of drug-likeness (QED) is 0.855. The molecule has 1 amide bonds. The Morgan fingerprint density at radius 3 is 2.67 bits per heavy atom. The molecule has 0 spiro atoms. The van der Waals surface area contributed by atoms with Crippen LogP contribution in [0.4, 0.5) is 5.69 Å². The molecule has 0 atom stereocenters. The molecular weight excluding hydrogens is 314 g/mol. The van der Waals surface area contributed by atoms with Gasteiger partial charge in [0, 0.05) is 15.2 Å². The molecule has 0 heterocycles. The monoisotopic (exact) mass is 323 g/mol. The third-order valence-electron chi connectivity index (χ3n) is 2.57. The molecule has 0 bridgehead atoms. The highest BCUT2D eigenvalue weighted by Crippen LogP contribution is 2.22. The number of hydrogen-bond donors (Lipinski definition) is 1. The first kappa shape index (κ1) is 13.1. The summed E-state index contributed by atoms with van der Waals surface area (Å²) in [5.74, 6) is -0.159. The molecule has 0 aromatic heterocycles. The van der Waals surface area contributed by atoms with Gasteiger partial charge in [0.1, 0.15) is 0 Å². The number of carbonyl (C=O) groups is 1. The third-order valence-corrected chi connectivity index (χ3v) is 3.49. The molecule has 92 valence electrons. The van der Waals surface area contributed by atoms with Crippen molar-refractivity contribution in [1.82, 2.24) is 0 Å². The van der Waals surface area contributed by atoms with Crippen molar-refractivity contribution < 1.29 is 4.79 Å². The Labute approximate surface area is 119 Å². The summed E-state index contributed by atoms with van der Waals surface area (Å²) in [5.41, 5.74) is 2.29. The van der Waals surface area contributed by atoms with Crippen molar-refractivity contribution >= 4 is 39.1 Å². The van der Waals surface area contributed by atoms with Crippen molar-refractivity contribution in [2.45, 2.75) is 6.92 Å². The summed E-state index contributed by atoms with van der Waals surface area (Å²) in [7, 11) is 0. The van der Waals surface area contributed by atoms with Gasteiger partial charge in [-0.15, -0.1) is 0 Å². The summed E-state index contributed by atoms with van der Waals surface area (Å²) in [6, 6.07) is 12.7. The molecule has 0 aliphatic carbocycles. The van der Waals surface area contributed by atoms with E-state index in [0.717, 1.165) is 15.7 Å². The van der Waals surface area contributed by atoms with Gasteiger partial charge in [-0.05, 0) is 52.7 Å². The number of benzene rings is 2. The third kappa shape index (κ3) is 2.92. The van der Waals surface area contributed by atoms with Crippen LogP contribution in [0, 0.1) is 6.92 Å². The van der Waals surface area contributed by atoms with Crippen molar-refractivity contribution in [2.75, 3.05) is 5.32 Å². The molecule has 1 N–H and O–H groups in total. The number of halogens is 2. The summed E-state index contributed by atoms with van der Waals surface area (Å²) in [5, 5.41) is 3.45. The van der Waals surface area contributed by atoms with Gasteiger partial charge in [0.05, 0.1) is 5.56 Å². The maximum absolute atomic E-state index is 12.1. The van der Waals surface area contributed by atoms with Crippen LogP contribution in [0.5, 0.6) is 0 Å². The van der Waals surface area contributed by atoms with Crippen LogP contribution in [-0.4, -0.2) is 5.91 Å². The lowest BCUT2D eigenvalue weighted by atomic mass is 10.1. The van der Waals surface area contributed by atoms with E-state index in [1.807, 2.05) is 31.2 Å². The van der Waals surface area contributed by atoms with E-state index in [1.54, 1.807) is 18.2 Å². The van der Waals surface area contributed by atoms with Gasteiger partial charge >= 0.3 is 0 Å². The van der Waals surface area contributed by atoms with Crippen LogP contribution >= 0.6 is 27.5 Å². The second-order valence-electron chi connectivity index (χ2n) is 3.89. The van der Waals surface area contributed by atoms with Crippen molar-refractivity contribution in [2.24, 2.45) is 0 Å². The Kier molecular flexibility index (Phi) is 4.04. The predicted molar refractivity (Wildman–Crippen MR) is 78.3 cm³/mol. The Bertz CT molecular complexity index is 598. The molecule has 0 saturated heterocycles. The smallest absolute Gasteiger partial charge is 0.256 e. The van der Waals surface area contributed by atoms with Crippen LogP contribution in [0.1, 0.15) is 15.9 Å². The molecule has 4 heteroatoms. The molecule has 0 saturated carbocycles. The second-order valence-corrected chi connectivity index (χ2v) is 5.18. The van der Waals surface area contributed by atoms with Crippen molar-refractivity contribution in [3.8, 4) is 0 Å². The summed E-state index contributed by atoms with van der Waals surface area (Å²) in [6.45, 7) is 1.92. The maximum atomic E-state index is 12.1. The van der Waals surface area contributed by atoms with E-state index in [4.69, 9.17) is 11.6 Å². The first-order valence-corrected chi connectivity index (χ1v) is 6.57. The molecule has 2 nitrogen and oxygen atoms in total. The fourth-order valence-electron chi connectivity index (χ4n) is 1.56. The number of hydrogen-bond acceptors (Lipinski definition) is 1. The van der Waals surface area contributed by atoms with Gasteiger partial charge in [-0.3, -0.25) is 4.79 Å². The lowest BCUT2D eigenvalue weighted by molar-refractivity contribution is 0.102. The van der Waals surface area contributed by atoms with Crippen molar-refractivity contribution in [3.63, 3.8) is 0 Å². The molecular formula is C14H11BrClNO. The summed E-state index contributed by atoms with van der Waals surface area (Å²) in [6.07, 6.45) is 0. The van der Waals surface area contributed by atoms with Crippen LogP contribution < -0.4 is 5.32 Å². The van der Waals surface area contributed by atoms with Gasteiger partial charge in [-0.2, -0.15) is 0 Å². The molecule has 0 aliphatic heterocycles. The number of nitrogens with one attached hydrogen (secondary N) is 1. The Morgan fingerprint density at radius 2 is 1.94 bits per heavy atom. The van der Waals surface area contributed by atoms with Crippen LogP contribution in [0.3, 0.4) is 0 Å². The van der Waals surface area contributed by atoms with E-state index in [9.17, 15) is 4.79 Å². The fourth-order valence-corrected chi connectivity index (χ4v) is 2.20. The first-order chi connectivity index (χ1) is 8.58. The molecule has 0 radical (unpaired) electrons. The topological polar surface area (TPSA) is 29.1 Å². The summed E-state index contributed by atoms with van der Waals surface area (Å²) >= 11 is 9.27. The van der Waals surface area contributed by atoms with E-state index in [2.05, 4.69) is 21.2 Å². The van der Waals surface area contributed by atoms with Gasteiger partial charge in [-0.1, -0.05) is 29.8 Å². The maximum Gasteiger partial charge on any atom is 0.256 e. The lowest BCUT2D eigenvalue weighted by Crippen LogP contribution is -2.13. The number of carbonyl (C=O) groups excluding carboxylic acids is 1. The summed E-state index contributed by atoms with van der Waals surface area (Å²) < 4.78 is 0.766. The zero-order valence-corrected chi connectivity index (χ0v) is 12.0. The zero-order chi connectivity index (χ0) is 13.1. The fraction of sp³-hybridized carbons (Fsp3) is 0.0714. The SMILES string of the molecule is Cc1ccc(Cl)cc1NC(=O)c1ccccc1Br. The number of amides is 1. The largest absolute Gasteiger partial charge is 0.322 e. The van der Waals surface area contributed by atoms with Crippen LogP contribution in [0.15, 0.2) is 46.9 Å². The van der Waals surface area contributed by atoms with Gasteiger partial charge < -0.3 is 5.32 Å². The van der Waals surface area contributed by atoms with Gasteiger partial charge in [0.25, 0.3) is 5.91 Å². The van der Waals surface area contributed by atoms with E-state index in [1.165, 1.54) is 0 Å². The second kappa shape index (κ2) is 5.55. The molecule has 0 aliphatic rings. The average Bonchev–Trinajstić information content (AvgIpc) is 2.34. The van der Waals surface area contributed by atoms with Crippen LogP contribution in [-0.2, 0) is 0 Å². The highest BCUT2D eigenvalue weighted by atomic mass is 79.9. The van der Waals surface area contributed by atoms with Crippen molar-refractivity contribution in [3.05, 3.63) is 63.1 Å². The standard InChI is InChI=1S/C14H11BrClNO/c1-9-6-7-10(16)8-13(9)17-14(18)11-4-2-3-5-12(11)15/h2-8H,1H3,(H,17,18). The molecule has 2 rings (SSSR count). The highest BCUT2D eigenvalue weighted by molar-refractivity contribution is 9.10.